The third kappa shape index (κ3) is 4.73. The molecular weight excluding hydrogens is 241 g/mol. The monoisotopic (exact) mass is 257 g/mol. The summed E-state index contributed by atoms with van der Waals surface area (Å²) < 4.78 is 12.7. The van der Waals surface area contributed by atoms with Crippen LogP contribution in [0.3, 0.4) is 0 Å². The highest BCUT2D eigenvalue weighted by atomic mass is 35.5. The molecule has 0 aromatic heterocycles. The second-order valence-corrected chi connectivity index (χ2v) is 4.36. The van der Waals surface area contributed by atoms with Gasteiger partial charge >= 0.3 is 0 Å². The van der Waals surface area contributed by atoms with Crippen LogP contribution in [0.2, 0.25) is 0 Å². The zero-order valence-corrected chi connectivity index (χ0v) is 10.7. The van der Waals surface area contributed by atoms with E-state index in [9.17, 15) is 9.18 Å². The second kappa shape index (κ2) is 7.28. The Morgan fingerprint density at radius 2 is 1.88 bits per heavy atom. The Morgan fingerprint density at radius 3 is 2.47 bits per heavy atom. The van der Waals surface area contributed by atoms with Gasteiger partial charge in [0.15, 0.2) is 0 Å². The summed E-state index contributed by atoms with van der Waals surface area (Å²) in [5.41, 5.74) is 0.520. The summed E-state index contributed by atoms with van der Waals surface area (Å²) in [5.74, 6) is 0.262. The van der Waals surface area contributed by atoms with Gasteiger partial charge in [0.25, 0.3) is 5.91 Å². The van der Waals surface area contributed by atoms with Gasteiger partial charge in [-0.1, -0.05) is 6.42 Å². The summed E-state index contributed by atoms with van der Waals surface area (Å²) in [6.07, 6.45) is 2.93. The van der Waals surface area contributed by atoms with E-state index in [1.807, 2.05) is 0 Å². The molecule has 1 aromatic carbocycles. The lowest BCUT2D eigenvalue weighted by atomic mass is 10.2. The average molecular weight is 258 g/mol. The van der Waals surface area contributed by atoms with Crippen molar-refractivity contribution in [2.75, 3.05) is 19.5 Å². The van der Waals surface area contributed by atoms with Crippen LogP contribution >= 0.6 is 11.6 Å². The first-order valence-corrected chi connectivity index (χ1v) is 6.25. The third-order valence-electron chi connectivity index (χ3n) is 2.57. The Morgan fingerprint density at radius 1 is 1.24 bits per heavy atom. The van der Waals surface area contributed by atoms with Crippen molar-refractivity contribution in [3.05, 3.63) is 35.6 Å². The van der Waals surface area contributed by atoms with Crippen LogP contribution in [0.1, 0.15) is 29.6 Å². The van der Waals surface area contributed by atoms with Gasteiger partial charge in [0, 0.05) is 25.0 Å². The molecule has 1 aromatic rings. The molecule has 1 amide bonds. The van der Waals surface area contributed by atoms with Crippen LogP contribution in [0.15, 0.2) is 24.3 Å². The highest BCUT2D eigenvalue weighted by molar-refractivity contribution is 6.17. The maximum Gasteiger partial charge on any atom is 0.253 e. The van der Waals surface area contributed by atoms with E-state index < -0.39 is 0 Å². The van der Waals surface area contributed by atoms with E-state index in [1.165, 1.54) is 24.3 Å². The maximum atomic E-state index is 12.7. The van der Waals surface area contributed by atoms with Crippen LogP contribution in [0, 0.1) is 5.82 Å². The molecule has 17 heavy (non-hydrogen) atoms. The molecule has 2 nitrogen and oxygen atoms in total. The van der Waals surface area contributed by atoms with Crippen molar-refractivity contribution in [3.63, 3.8) is 0 Å². The highest BCUT2D eigenvalue weighted by Gasteiger charge is 2.10. The lowest BCUT2D eigenvalue weighted by Crippen LogP contribution is -2.27. The Bertz CT molecular complexity index is 353. The first-order chi connectivity index (χ1) is 8.15. The van der Waals surface area contributed by atoms with Crippen molar-refractivity contribution in [1.29, 1.82) is 0 Å². The lowest BCUT2D eigenvalue weighted by Gasteiger charge is -2.16. The Labute approximate surface area is 106 Å². The minimum absolute atomic E-state index is 0.0733. The first kappa shape index (κ1) is 14.0. The van der Waals surface area contributed by atoms with Crippen LogP contribution in [-0.4, -0.2) is 30.3 Å². The molecule has 4 heteroatoms. The van der Waals surface area contributed by atoms with Crippen LogP contribution in [0.4, 0.5) is 4.39 Å². The maximum absolute atomic E-state index is 12.7. The SMILES string of the molecule is CN(CCCCCCl)C(=O)c1ccc(F)cc1. The van der Waals surface area contributed by atoms with Crippen LogP contribution < -0.4 is 0 Å². The number of unbranched alkanes of at least 4 members (excludes halogenated alkanes) is 2. The summed E-state index contributed by atoms with van der Waals surface area (Å²) in [4.78, 5) is 13.6. The molecule has 0 fully saturated rings. The summed E-state index contributed by atoms with van der Waals surface area (Å²) in [5, 5.41) is 0. The van der Waals surface area contributed by atoms with Gasteiger partial charge in [-0.15, -0.1) is 11.6 Å². The van der Waals surface area contributed by atoms with Crippen molar-refractivity contribution in [3.8, 4) is 0 Å². The van der Waals surface area contributed by atoms with Crippen LogP contribution in [-0.2, 0) is 0 Å². The number of benzene rings is 1. The van der Waals surface area contributed by atoms with E-state index >= 15 is 0 Å². The molecule has 0 saturated heterocycles. The summed E-state index contributed by atoms with van der Waals surface area (Å²) in [7, 11) is 1.76. The number of alkyl halides is 1. The van der Waals surface area contributed by atoms with Crippen molar-refractivity contribution in [1.82, 2.24) is 4.90 Å². The van der Waals surface area contributed by atoms with Gasteiger partial charge in [0.1, 0.15) is 5.82 Å². The van der Waals surface area contributed by atoms with E-state index in [1.54, 1.807) is 11.9 Å². The third-order valence-corrected chi connectivity index (χ3v) is 2.83. The zero-order chi connectivity index (χ0) is 12.7. The lowest BCUT2D eigenvalue weighted by molar-refractivity contribution is 0.0792. The predicted molar refractivity (Wildman–Crippen MR) is 67.9 cm³/mol. The van der Waals surface area contributed by atoms with E-state index in [2.05, 4.69) is 0 Å². The van der Waals surface area contributed by atoms with Crippen molar-refractivity contribution < 1.29 is 9.18 Å². The molecule has 1 rings (SSSR count). The summed E-state index contributed by atoms with van der Waals surface area (Å²) >= 11 is 5.57. The van der Waals surface area contributed by atoms with Gasteiger partial charge < -0.3 is 4.90 Å². The fraction of sp³-hybridized carbons (Fsp3) is 0.462. The Kier molecular flexibility index (Phi) is 5.98. The molecule has 0 radical (unpaired) electrons. The minimum atomic E-state index is -0.327. The number of amides is 1. The Hall–Kier alpha value is -1.09. The van der Waals surface area contributed by atoms with Gasteiger partial charge in [-0.05, 0) is 37.1 Å². The molecule has 0 heterocycles. The zero-order valence-electron chi connectivity index (χ0n) is 9.96. The van der Waals surface area contributed by atoms with Crippen molar-refractivity contribution in [2.45, 2.75) is 19.3 Å². The Balaban J connectivity index is 2.43. The van der Waals surface area contributed by atoms with E-state index in [4.69, 9.17) is 11.6 Å². The molecule has 0 unspecified atom stereocenters. The topological polar surface area (TPSA) is 20.3 Å². The number of carbonyl (C=O) groups excluding carboxylic acids is 1. The van der Waals surface area contributed by atoms with Crippen LogP contribution in [0.25, 0.3) is 0 Å². The first-order valence-electron chi connectivity index (χ1n) is 5.72. The van der Waals surface area contributed by atoms with E-state index in [-0.39, 0.29) is 11.7 Å². The smallest absolute Gasteiger partial charge is 0.253 e. The largest absolute Gasteiger partial charge is 0.342 e. The highest BCUT2D eigenvalue weighted by Crippen LogP contribution is 2.07. The molecule has 0 N–H and O–H groups in total. The second-order valence-electron chi connectivity index (χ2n) is 3.98. The molecule has 0 aliphatic carbocycles. The molecule has 0 saturated carbocycles. The van der Waals surface area contributed by atoms with Crippen LogP contribution in [0.5, 0.6) is 0 Å². The fourth-order valence-electron chi connectivity index (χ4n) is 1.53. The standard InChI is InChI=1S/C13H17ClFNO/c1-16(10-4-2-3-9-14)13(17)11-5-7-12(15)8-6-11/h5-8H,2-4,9-10H2,1H3. The molecular formula is C13H17ClFNO. The van der Waals surface area contributed by atoms with E-state index in [0.29, 0.717) is 18.0 Å². The normalized spacial score (nSPS) is 10.3. The van der Waals surface area contributed by atoms with Crippen molar-refractivity contribution >= 4 is 17.5 Å². The molecule has 0 aliphatic heterocycles. The van der Waals surface area contributed by atoms with Gasteiger partial charge in [-0.25, -0.2) is 4.39 Å². The number of nitrogens with zero attached hydrogens (tertiary/aromatic N) is 1. The van der Waals surface area contributed by atoms with E-state index in [0.717, 1.165) is 19.3 Å². The van der Waals surface area contributed by atoms with Gasteiger partial charge in [0.2, 0.25) is 0 Å². The van der Waals surface area contributed by atoms with Gasteiger partial charge in [0.05, 0.1) is 0 Å². The number of hydrogen-bond donors (Lipinski definition) is 0. The van der Waals surface area contributed by atoms with Gasteiger partial charge in [-0.3, -0.25) is 4.79 Å². The average Bonchev–Trinajstić information content (AvgIpc) is 2.34. The predicted octanol–water partition coefficient (Wildman–Crippen LogP) is 3.31. The quantitative estimate of drug-likeness (QED) is 0.566. The molecule has 0 spiro atoms. The summed E-state index contributed by atoms with van der Waals surface area (Å²) in [6, 6.07) is 5.61. The minimum Gasteiger partial charge on any atom is -0.342 e. The van der Waals surface area contributed by atoms with Gasteiger partial charge in [-0.2, -0.15) is 0 Å². The number of halogens is 2. The fourth-order valence-corrected chi connectivity index (χ4v) is 1.72. The molecule has 0 atom stereocenters. The summed E-state index contributed by atoms with van der Waals surface area (Å²) in [6.45, 7) is 0.701. The number of hydrogen-bond acceptors (Lipinski definition) is 1. The molecule has 0 aliphatic rings. The van der Waals surface area contributed by atoms with Crippen molar-refractivity contribution in [2.24, 2.45) is 0 Å². The molecule has 94 valence electrons. The number of carbonyl (C=O) groups is 1. The number of rotatable bonds is 6. The molecule has 0 bridgehead atoms.